The minimum atomic E-state index is 0.186. The van der Waals surface area contributed by atoms with Gasteiger partial charge in [0.2, 0.25) is 5.91 Å². The van der Waals surface area contributed by atoms with Crippen molar-refractivity contribution < 1.29 is 9.53 Å². The Kier molecular flexibility index (Phi) is 3.70. The van der Waals surface area contributed by atoms with Crippen LogP contribution < -0.4 is 4.74 Å². The third kappa shape index (κ3) is 2.40. The van der Waals surface area contributed by atoms with Gasteiger partial charge in [0, 0.05) is 18.7 Å². The minimum Gasteiger partial charge on any atom is -0.497 e. The van der Waals surface area contributed by atoms with Gasteiger partial charge in [-0.3, -0.25) is 4.79 Å². The van der Waals surface area contributed by atoms with Gasteiger partial charge in [0.25, 0.3) is 0 Å². The molecule has 0 unspecified atom stereocenters. The van der Waals surface area contributed by atoms with Crippen molar-refractivity contribution in [1.82, 2.24) is 4.90 Å². The summed E-state index contributed by atoms with van der Waals surface area (Å²) in [5.41, 5.74) is 3.31. The van der Waals surface area contributed by atoms with Crippen molar-refractivity contribution in [2.75, 3.05) is 13.7 Å². The van der Waals surface area contributed by atoms with Gasteiger partial charge < -0.3 is 9.64 Å². The molecule has 0 N–H and O–H groups in total. The number of rotatable bonds is 4. The molecule has 1 aliphatic heterocycles. The van der Waals surface area contributed by atoms with E-state index in [-0.39, 0.29) is 5.91 Å². The summed E-state index contributed by atoms with van der Waals surface area (Å²) in [5.74, 6) is 1.03. The first-order chi connectivity index (χ1) is 8.65. The first kappa shape index (κ1) is 12.7. The zero-order valence-electron chi connectivity index (χ0n) is 11.2. The van der Waals surface area contributed by atoms with E-state index in [0.717, 1.165) is 29.9 Å². The van der Waals surface area contributed by atoms with E-state index in [1.54, 1.807) is 7.11 Å². The molecule has 18 heavy (non-hydrogen) atoms. The Morgan fingerprint density at radius 2 is 1.94 bits per heavy atom. The first-order valence-electron chi connectivity index (χ1n) is 6.26. The molecule has 1 aliphatic rings. The van der Waals surface area contributed by atoms with Crippen molar-refractivity contribution in [3.05, 3.63) is 41.0 Å². The Morgan fingerprint density at radius 3 is 2.44 bits per heavy atom. The van der Waals surface area contributed by atoms with Crippen molar-refractivity contribution in [3.63, 3.8) is 0 Å². The van der Waals surface area contributed by atoms with Crippen LogP contribution in [0.3, 0.4) is 0 Å². The van der Waals surface area contributed by atoms with Crippen molar-refractivity contribution >= 4 is 5.91 Å². The summed E-state index contributed by atoms with van der Waals surface area (Å²) in [6.07, 6.45) is 0.823. The van der Waals surface area contributed by atoms with Crippen LogP contribution >= 0.6 is 0 Å². The molecular weight excluding hydrogens is 226 g/mol. The average Bonchev–Trinajstić information content (AvgIpc) is 2.65. The summed E-state index contributed by atoms with van der Waals surface area (Å²) >= 11 is 0. The van der Waals surface area contributed by atoms with Crippen LogP contribution in [-0.4, -0.2) is 24.5 Å². The number of ether oxygens (including phenoxy) is 1. The second-order valence-corrected chi connectivity index (χ2v) is 4.62. The summed E-state index contributed by atoms with van der Waals surface area (Å²) in [7, 11) is 1.65. The summed E-state index contributed by atoms with van der Waals surface area (Å²) in [6, 6.07) is 7.87. The number of benzene rings is 1. The Morgan fingerprint density at radius 1 is 1.28 bits per heavy atom. The van der Waals surface area contributed by atoms with Crippen LogP contribution in [0, 0.1) is 0 Å². The summed E-state index contributed by atoms with van der Waals surface area (Å²) in [4.78, 5) is 14.0. The molecule has 0 bridgehead atoms. The molecule has 1 aromatic rings. The highest BCUT2D eigenvalue weighted by Crippen LogP contribution is 2.23. The van der Waals surface area contributed by atoms with Gasteiger partial charge in [-0.2, -0.15) is 0 Å². The third-order valence-electron chi connectivity index (χ3n) is 3.37. The molecular formula is C15H19NO2. The number of carbonyl (C=O) groups is 1. The second-order valence-electron chi connectivity index (χ2n) is 4.62. The quantitative estimate of drug-likeness (QED) is 0.816. The van der Waals surface area contributed by atoms with Crippen LogP contribution in [0.1, 0.15) is 25.8 Å². The summed E-state index contributed by atoms with van der Waals surface area (Å²) < 4.78 is 5.12. The van der Waals surface area contributed by atoms with Crippen LogP contribution in [0.5, 0.6) is 5.75 Å². The maximum absolute atomic E-state index is 12.1. The van der Waals surface area contributed by atoms with Crippen molar-refractivity contribution in [1.29, 1.82) is 0 Å². The molecule has 0 aromatic heterocycles. The van der Waals surface area contributed by atoms with E-state index >= 15 is 0 Å². The number of hydrogen-bond acceptors (Lipinski definition) is 2. The van der Waals surface area contributed by atoms with Gasteiger partial charge in [0.1, 0.15) is 5.75 Å². The zero-order chi connectivity index (χ0) is 13.1. The number of amides is 1. The minimum absolute atomic E-state index is 0.186. The third-order valence-corrected chi connectivity index (χ3v) is 3.37. The molecule has 0 fully saturated rings. The molecule has 0 saturated carbocycles. The van der Waals surface area contributed by atoms with Crippen LogP contribution in [0.15, 0.2) is 35.4 Å². The molecule has 1 aromatic carbocycles. The fourth-order valence-electron chi connectivity index (χ4n) is 2.36. The Labute approximate surface area is 108 Å². The Hall–Kier alpha value is -1.77. The largest absolute Gasteiger partial charge is 0.497 e. The van der Waals surface area contributed by atoms with Crippen LogP contribution in [0.2, 0.25) is 0 Å². The molecule has 0 radical (unpaired) electrons. The predicted octanol–water partition coefficient (Wildman–Crippen LogP) is 2.76. The fourth-order valence-corrected chi connectivity index (χ4v) is 2.36. The van der Waals surface area contributed by atoms with Gasteiger partial charge >= 0.3 is 0 Å². The average molecular weight is 245 g/mol. The fraction of sp³-hybridized carbons (Fsp3) is 0.400. The molecule has 0 saturated heterocycles. The number of methoxy groups -OCH3 is 1. The van der Waals surface area contributed by atoms with E-state index in [2.05, 4.69) is 0 Å². The lowest BCUT2D eigenvalue weighted by atomic mass is 10.1. The molecule has 2 rings (SSSR count). The highest BCUT2D eigenvalue weighted by atomic mass is 16.5. The topological polar surface area (TPSA) is 29.5 Å². The van der Waals surface area contributed by atoms with Crippen LogP contribution in [-0.2, 0) is 11.3 Å². The zero-order valence-corrected chi connectivity index (χ0v) is 11.2. The maximum Gasteiger partial charge on any atom is 0.250 e. The molecule has 96 valence electrons. The molecule has 0 atom stereocenters. The smallest absolute Gasteiger partial charge is 0.250 e. The van der Waals surface area contributed by atoms with Gasteiger partial charge in [0.05, 0.1) is 7.11 Å². The van der Waals surface area contributed by atoms with Gasteiger partial charge in [0.15, 0.2) is 0 Å². The standard InChI is InChI=1S/C15H19NO2/c1-4-14-11(2)9-16(15(14)17)10-12-5-7-13(18-3)8-6-12/h5-8H,4,9-10H2,1-3H3. The van der Waals surface area contributed by atoms with E-state index in [0.29, 0.717) is 6.54 Å². The number of nitrogens with zero attached hydrogens (tertiary/aromatic N) is 1. The van der Waals surface area contributed by atoms with E-state index in [4.69, 9.17) is 4.74 Å². The normalized spacial score (nSPS) is 15.5. The van der Waals surface area contributed by atoms with Crippen molar-refractivity contribution in [2.24, 2.45) is 0 Å². The molecule has 0 spiro atoms. The number of carbonyl (C=O) groups excluding carboxylic acids is 1. The number of hydrogen-bond donors (Lipinski definition) is 0. The van der Waals surface area contributed by atoms with Gasteiger partial charge in [-0.1, -0.05) is 19.1 Å². The van der Waals surface area contributed by atoms with Gasteiger partial charge in [-0.25, -0.2) is 0 Å². The summed E-state index contributed by atoms with van der Waals surface area (Å²) in [6.45, 7) is 5.51. The van der Waals surface area contributed by atoms with E-state index < -0.39 is 0 Å². The molecule has 3 nitrogen and oxygen atoms in total. The molecule has 3 heteroatoms. The lowest BCUT2D eigenvalue weighted by Gasteiger charge is -2.17. The SMILES string of the molecule is CCC1=C(C)CN(Cc2ccc(OC)cc2)C1=O. The Balaban J connectivity index is 2.05. The predicted molar refractivity (Wildman–Crippen MR) is 71.4 cm³/mol. The van der Waals surface area contributed by atoms with Crippen molar-refractivity contribution in [3.8, 4) is 5.75 Å². The van der Waals surface area contributed by atoms with E-state index in [1.807, 2.05) is 43.0 Å². The van der Waals surface area contributed by atoms with Crippen molar-refractivity contribution in [2.45, 2.75) is 26.8 Å². The van der Waals surface area contributed by atoms with Crippen LogP contribution in [0.4, 0.5) is 0 Å². The van der Waals surface area contributed by atoms with Gasteiger partial charge in [-0.15, -0.1) is 0 Å². The molecule has 1 heterocycles. The maximum atomic E-state index is 12.1. The molecule has 0 aliphatic carbocycles. The monoisotopic (exact) mass is 245 g/mol. The van der Waals surface area contributed by atoms with E-state index in [9.17, 15) is 4.79 Å². The lowest BCUT2D eigenvalue weighted by Crippen LogP contribution is -2.26. The second kappa shape index (κ2) is 5.25. The molecule has 1 amide bonds. The van der Waals surface area contributed by atoms with Crippen LogP contribution in [0.25, 0.3) is 0 Å². The summed E-state index contributed by atoms with van der Waals surface area (Å²) in [5, 5.41) is 0. The van der Waals surface area contributed by atoms with E-state index in [1.165, 1.54) is 5.57 Å². The highest BCUT2D eigenvalue weighted by Gasteiger charge is 2.26. The van der Waals surface area contributed by atoms with Gasteiger partial charge in [-0.05, 0) is 36.6 Å². The Bertz CT molecular complexity index is 474. The highest BCUT2D eigenvalue weighted by molar-refractivity contribution is 5.96. The first-order valence-corrected chi connectivity index (χ1v) is 6.26. The lowest BCUT2D eigenvalue weighted by molar-refractivity contribution is -0.126.